The van der Waals surface area contributed by atoms with Gasteiger partial charge in [0.1, 0.15) is 0 Å². The second-order valence-corrected chi connectivity index (χ2v) is 9.49. The lowest BCUT2D eigenvalue weighted by Crippen LogP contribution is -2.10. The van der Waals surface area contributed by atoms with Crippen LogP contribution in [0.2, 0.25) is 0 Å². The maximum absolute atomic E-state index is 12.0. The zero-order valence-corrected chi connectivity index (χ0v) is 22.3. The summed E-state index contributed by atoms with van der Waals surface area (Å²) in [5.74, 6) is -0.860. The lowest BCUT2D eigenvalue weighted by molar-refractivity contribution is -0.141. The van der Waals surface area contributed by atoms with Crippen molar-refractivity contribution in [3.05, 3.63) is 11.6 Å². The van der Waals surface area contributed by atoms with Crippen LogP contribution in [0.15, 0.2) is 11.6 Å². The molecule has 4 heteroatoms. The maximum Gasteiger partial charge on any atom is 0.333 e. The molecule has 0 aromatic heterocycles. The minimum absolute atomic E-state index is 0.315. The van der Waals surface area contributed by atoms with Crippen molar-refractivity contribution in [1.29, 1.82) is 0 Å². The number of esters is 2. The van der Waals surface area contributed by atoms with Crippen molar-refractivity contribution in [3.8, 4) is 0 Å². The first-order chi connectivity index (χ1) is 16.1. The molecule has 0 aliphatic rings. The van der Waals surface area contributed by atoms with E-state index in [-0.39, 0.29) is 0 Å². The van der Waals surface area contributed by atoms with Gasteiger partial charge in [0.2, 0.25) is 0 Å². The average Bonchev–Trinajstić information content (AvgIpc) is 2.80. The number of carbonyl (C=O) groups excluding carboxylic acids is 2. The molecule has 0 aromatic carbocycles. The van der Waals surface area contributed by atoms with Crippen LogP contribution in [0.5, 0.6) is 0 Å². The molecule has 0 bridgehead atoms. The predicted octanol–water partition coefficient (Wildman–Crippen LogP) is 8.86. The molecule has 0 radical (unpaired) electrons. The fourth-order valence-electron chi connectivity index (χ4n) is 3.91. The fraction of sp³-hybridized carbons (Fsp3) is 0.862. The molecule has 0 saturated carbocycles. The highest BCUT2D eigenvalue weighted by Crippen LogP contribution is 2.12. The number of hydrogen-bond acceptors (Lipinski definition) is 4. The lowest BCUT2D eigenvalue weighted by atomic mass is 10.1. The maximum atomic E-state index is 12.0. The summed E-state index contributed by atoms with van der Waals surface area (Å²) in [6.07, 6.45) is 26.2. The number of rotatable bonds is 24. The van der Waals surface area contributed by atoms with E-state index in [2.05, 4.69) is 13.8 Å². The molecule has 0 saturated heterocycles. The molecular formula is C29H54O4. The van der Waals surface area contributed by atoms with E-state index in [0.29, 0.717) is 18.8 Å². The highest BCUT2D eigenvalue weighted by molar-refractivity contribution is 5.95. The molecule has 0 spiro atoms. The van der Waals surface area contributed by atoms with Gasteiger partial charge in [-0.05, 0) is 19.8 Å². The van der Waals surface area contributed by atoms with Crippen LogP contribution in [0.1, 0.15) is 149 Å². The zero-order chi connectivity index (χ0) is 24.4. The minimum atomic E-state index is -0.445. The zero-order valence-electron chi connectivity index (χ0n) is 22.3. The minimum Gasteiger partial charge on any atom is -0.463 e. The normalized spacial score (nSPS) is 11.5. The van der Waals surface area contributed by atoms with Gasteiger partial charge >= 0.3 is 11.9 Å². The smallest absolute Gasteiger partial charge is 0.333 e. The Bertz CT molecular complexity index is 484. The van der Waals surface area contributed by atoms with E-state index < -0.39 is 11.9 Å². The van der Waals surface area contributed by atoms with Gasteiger partial charge < -0.3 is 9.47 Å². The summed E-state index contributed by atoms with van der Waals surface area (Å²) in [6.45, 7) is 6.95. The van der Waals surface area contributed by atoms with E-state index in [4.69, 9.17) is 9.47 Å². The first-order valence-electron chi connectivity index (χ1n) is 14.1. The van der Waals surface area contributed by atoms with E-state index >= 15 is 0 Å². The number of carbonyl (C=O) groups is 2. The number of hydrogen-bond donors (Lipinski definition) is 0. The Morgan fingerprint density at radius 1 is 0.515 bits per heavy atom. The Morgan fingerprint density at radius 2 is 0.848 bits per heavy atom. The van der Waals surface area contributed by atoms with Gasteiger partial charge in [0.25, 0.3) is 0 Å². The van der Waals surface area contributed by atoms with Crippen LogP contribution >= 0.6 is 0 Å². The van der Waals surface area contributed by atoms with Crippen molar-refractivity contribution in [2.75, 3.05) is 13.2 Å². The van der Waals surface area contributed by atoms with Gasteiger partial charge in [0, 0.05) is 11.6 Å². The average molecular weight is 467 g/mol. The van der Waals surface area contributed by atoms with Crippen LogP contribution in [0, 0.1) is 0 Å². The summed E-state index contributed by atoms with van der Waals surface area (Å²) >= 11 is 0. The molecule has 0 unspecified atom stereocenters. The Hall–Kier alpha value is -1.32. The van der Waals surface area contributed by atoms with Gasteiger partial charge in [-0.1, -0.05) is 129 Å². The van der Waals surface area contributed by atoms with Gasteiger partial charge in [-0.3, -0.25) is 0 Å². The molecule has 4 nitrogen and oxygen atoms in total. The summed E-state index contributed by atoms with van der Waals surface area (Å²) in [6, 6.07) is 0. The van der Waals surface area contributed by atoms with E-state index in [1.807, 2.05) is 0 Å². The summed E-state index contributed by atoms with van der Waals surface area (Å²) in [4.78, 5) is 23.9. The van der Waals surface area contributed by atoms with Crippen LogP contribution < -0.4 is 0 Å². The molecule has 0 aliphatic carbocycles. The largest absolute Gasteiger partial charge is 0.463 e. The van der Waals surface area contributed by atoms with Crippen molar-refractivity contribution in [2.24, 2.45) is 0 Å². The molecule has 0 rings (SSSR count). The summed E-state index contributed by atoms with van der Waals surface area (Å²) in [5, 5.41) is 0. The third kappa shape index (κ3) is 23.6. The van der Waals surface area contributed by atoms with Crippen LogP contribution in [0.25, 0.3) is 0 Å². The quantitative estimate of drug-likeness (QED) is 0.0809. The van der Waals surface area contributed by atoms with Crippen molar-refractivity contribution < 1.29 is 19.1 Å². The topological polar surface area (TPSA) is 52.6 Å². The van der Waals surface area contributed by atoms with Crippen molar-refractivity contribution in [1.82, 2.24) is 0 Å². The van der Waals surface area contributed by atoms with Crippen LogP contribution in [0.3, 0.4) is 0 Å². The summed E-state index contributed by atoms with van der Waals surface area (Å²) in [5.41, 5.74) is 0.315. The van der Waals surface area contributed by atoms with Crippen molar-refractivity contribution >= 4 is 11.9 Å². The standard InChI is InChI=1S/C29H54O4/c1-4-6-8-10-12-14-16-18-20-22-24-32-28(30)26-27(3)29(31)33-25-23-21-19-17-15-13-11-9-7-5-2/h26H,4-25H2,1-3H3. The Morgan fingerprint density at radius 3 is 1.24 bits per heavy atom. The molecule has 0 amide bonds. The van der Waals surface area contributed by atoms with Crippen LogP contribution in [-0.4, -0.2) is 25.2 Å². The second kappa shape index (κ2) is 25.3. The third-order valence-corrected chi connectivity index (χ3v) is 6.13. The van der Waals surface area contributed by atoms with Crippen LogP contribution in [0.4, 0.5) is 0 Å². The number of unbranched alkanes of at least 4 members (excludes halogenated alkanes) is 18. The summed E-state index contributed by atoms with van der Waals surface area (Å²) in [7, 11) is 0. The first-order valence-corrected chi connectivity index (χ1v) is 14.1. The van der Waals surface area contributed by atoms with Gasteiger partial charge in [0.05, 0.1) is 13.2 Å². The second-order valence-electron chi connectivity index (χ2n) is 9.49. The fourth-order valence-corrected chi connectivity index (χ4v) is 3.91. The van der Waals surface area contributed by atoms with E-state index in [9.17, 15) is 9.59 Å². The molecule has 0 fully saturated rings. The molecule has 0 aromatic rings. The molecule has 194 valence electrons. The monoisotopic (exact) mass is 466 g/mol. The SMILES string of the molecule is CCCCCCCCCCCCOC(=O)C=C(C)C(=O)OCCCCCCCCCCCC. The van der Waals surface area contributed by atoms with Gasteiger partial charge in [-0.15, -0.1) is 0 Å². The Labute approximate surface area is 205 Å². The van der Waals surface area contributed by atoms with Gasteiger partial charge in [-0.25, -0.2) is 9.59 Å². The summed E-state index contributed by atoms with van der Waals surface area (Å²) < 4.78 is 10.5. The van der Waals surface area contributed by atoms with E-state index in [1.165, 1.54) is 109 Å². The van der Waals surface area contributed by atoms with Crippen molar-refractivity contribution in [3.63, 3.8) is 0 Å². The first kappa shape index (κ1) is 31.7. The lowest BCUT2D eigenvalue weighted by Gasteiger charge is -2.06. The number of ether oxygens (including phenoxy) is 2. The molecule has 0 aliphatic heterocycles. The third-order valence-electron chi connectivity index (χ3n) is 6.13. The molecule has 0 atom stereocenters. The highest BCUT2D eigenvalue weighted by Gasteiger charge is 2.09. The molecule has 0 heterocycles. The Balaban J connectivity index is 3.56. The van der Waals surface area contributed by atoms with Gasteiger partial charge in [0.15, 0.2) is 0 Å². The molecule has 0 N–H and O–H groups in total. The van der Waals surface area contributed by atoms with Gasteiger partial charge in [-0.2, -0.15) is 0 Å². The predicted molar refractivity (Wildman–Crippen MR) is 139 cm³/mol. The highest BCUT2D eigenvalue weighted by atomic mass is 16.5. The van der Waals surface area contributed by atoms with E-state index in [1.54, 1.807) is 6.92 Å². The van der Waals surface area contributed by atoms with E-state index in [0.717, 1.165) is 25.7 Å². The van der Waals surface area contributed by atoms with Crippen molar-refractivity contribution in [2.45, 2.75) is 149 Å². The molecular weight excluding hydrogens is 412 g/mol. The van der Waals surface area contributed by atoms with Crippen LogP contribution in [-0.2, 0) is 19.1 Å². The Kier molecular flexibility index (Phi) is 24.3. The molecule has 33 heavy (non-hydrogen) atoms.